The lowest BCUT2D eigenvalue weighted by Gasteiger charge is -2.00. The predicted octanol–water partition coefficient (Wildman–Crippen LogP) is -0.0972. The topological polar surface area (TPSA) is 62.7 Å². The predicted molar refractivity (Wildman–Crippen MR) is 53.2 cm³/mol. The first kappa shape index (κ1) is 10.3. The van der Waals surface area contributed by atoms with Crippen LogP contribution in [0.25, 0.3) is 0 Å². The van der Waals surface area contributed by atoms with E-state index in [0.29, 0.717) is 6.54 Å². The summed E-state index contributed by atoms with van der Waals surface area (Å²) < 4.78 is 1.63. The van der Waals surface area contributed by atoms with Crippen molar-refractivity contribution in [3.63, 3.8) is 0 Å². The molecular formula is C7H14N4OS. The Bertz CT molecular complexity index is 306. The molecule has 2 N–H and O–H groups in total. The maximum Gasteiger partial charge on any atom is 0.343 e. The molecule has 0 atom stereocenters. The SMILES string of the molecule is CCn1c(SCCNC)n[nH]c1=O. The molecule has 1 heterocycles. The Labute approximate surface area is 80.9 Å². The van der Waals surface area contributed by atoms with Crippen LogP contribution in [0.1, 0.15) is 6.92 Å². The van der Waals surface area contributed by atoms with Crippen molar-refractivity contribution in [3.05, 3.63) is 10.5 Å². The Morgan fingerprint density at radius 3 is 3.08 bits per heavy atom. The Morgan fingerprint density at radius 1 is 1.69 bits per heavy atom. The van der Waals surface area contributed by atoms with Crippen LogP contribution >= 0.6 is 11.8 Å². The van der Waals surface area contributed by atoms with E-state index < -0.39 is 0 Å². The zero-order chi connectivity index (χ0) is 9.68. The summed E-state index contributed by atoms with van der Waals surface area (Å²) in [7, 11) is 1.90. The molecular weight excluding hydrogens is 188 g/mol. The lowest BCUT2D eigenvalue weighted by Crippen LogP contribution is -2.16. The molecule has 1 rings (SSSR count). The van der Waals surface area contributed by atoms with Crippen LogP contribution in [0.3, 0.4) is 0 Å². The first-order valence-corrected chi connectivity index (χ1v) is 5.20. The van der Waals surface area contributed by atoms with Gasteiger partial charge in [0.1, 0.15) is 0 Å². The molecule has 0 unspecified atom stereocenters. The summed E-state index contributed by atoms with van der Waals surface area (Å²) in [5, 5.41) is 10.2. The third-order valence-corrected chi connectivity index (χ3v) is 2.60. The average Bonchev–Trinajstić information content (AvgIpc) is 2.47. The standard InChI is InChI=1S/C7H14N4OS/c1-3-11-6(12)9-10-7(11)13-5-4-8-2/h8H,3-5H2,1-2H3,(H,9,12). The number of thioether (sulfide) groups is 1. The summed E-state index contributed by atoms with van der Waals surface area (Å²) in [5.74, 6) is 0.917. The summed E-state index contributed by atoms with van der Waals surface area (Å²) in [4.78, 5) is 11.1. The second-order valence-electron chi connectivity index (χ2n) is 2.51. The molecule has 0 amide bonds. The van der Waals surface area contributed by atoms with E-state index in [2.05, 4.69) is 15.5 Å². The second kappa shape index (κ2) is 5.08. The van der Waals surface area contributed by atoms with Gasteiger partial charge in [0.05, 0.1) is 0 Å². The second-order valence-corrected chi connectivity index (χ2v) is 3.57. The van der Waals surface area contributed by atoms with Crippen molar-refractivity contribution in [2.24, 2.45) is 0 Å². The number of hydrogen-bond donors (Lipinski definition) is 2. The Hall–Kier alpha value is -0.750. The smallest absolute Gasteiger partial charge is 0.319 e. The van der Waals surface area contributed by atoms with Crippen molar-refractivity contribution in [2.75, 3.05) is 19.3 Å². The quantitative estimate of drug-likeness (QED) is 0.517. The Balaban J connectivity index is 2.60. The number of hydrogen-bond acceptors (Lipinski definition) is 4. The molecule has 0 aliphatic rings. The van der Waals surface area contributed by atoms with E-state index in [4.69, 9.17) is 0 Å². The molecule has 0 saturated carbocycles. The highest BCUT2D eigenvalue weighted by molar-refractivity contribution is 7.99. The Morgan fingerprint density at radius 2 is 2.46 bits per heavy atom. The zero-order valence-electron chi connectivity index (χ0n) is 7.83. The number of aromatic nitrogens is 3. The molecule has 0 aliphatic heterocycles. The molecule has 0 aliphatic carbocycles. The summed E-state index contributed by atoms with van der Waals surface area (Å²) in [5.41, 5.74) is -0.130. The van der Waals surface area contributed by atoms with Crippen LogP contribution < -0.4 is 11.0 Å². The van der Waals surface area contributed by atoms with Gasteiger partial charge in [-0.1, -0.05) is 11.8 Å². The van der Waals surface area contributed by atoms with Crippen molar-refractivity contribution in [2.45, 2.75) is 18.6 Å². The first-order chi connectivity index (χ1) is 6.29. The molecule has 1 aromatic heterocycles. The highest BCUT2D eigenvalue weighted by Gasteiger charge is 2.05. The van der Waals surface area contributed by atoms with E-state index in [-0.39, 0.29) is 5.69 Å². The van der Waals surface area contributed by atoms with Crippen molar-refractivity contribution < 1.29 is 0 Å². The normalized spacial score (nSPS) is 10.6. The molecule has 0 radical (unpaired) electrons. The van der Waals surface area contributed by atoms with Gasteiger partial charge in [0.2, 0.25) is 0 Å². The zero-order valence-corrected chi connectivity index (χ0v) is 8.65. The summed E-state index contributed by atoms with van der Waals surface area (Å²) in [6.07, 6.45) is 0. The largest absolute Gasteiger partial charge is 0.343 e. The summed E-state index contributed by atoms with van der Waals surface area (Å²) >= 11 is 1.58. The average molecular weight is 202 g/mol. The van der Waals surface area contributed by atoms with Gasteiger partial charge < -0.3 is 5.32 Å². The van der Waals surface area contributed by atoms with Gasteiger partial charge in [-0.15, -0.1) is 5.10 Å². The molecule has 6 heteroatoms. The number of aromatic amines is 1. The Kier molecular flexibility index (Phi) is 4.04. The number of rotatable bonds is 5. The maximum atomic E-state index is 11.1. The highest BCUT2D eigenvalue weighted by atomic mass is 32.2. The van der Waals surface area contributed by atoms with Crippen LogP contribution in [0.5, 0.6) is 0 Å². The van der Waals surface area contributed by atoms with Crippen molar-refractivity contribution >= 4 is 11.8 Å². The van der Waals surface area contributed by atoms with E-state index in [9.17, 15) is 4.79 Å². The van der Waals surface area contributed by atoms with Crippen LogP contribution in [0.15, 0.2) is 9.95 Å². The fourth-order valence-electron chi connectivity index (χ4n) is 0.937. The molecule has 0 bridgehead atoms. The lowest BCUT2D eigenvalue weighted by molar-refractivity contribution is 0.660. The van der Waals surface area contributed by atoms with Gasteiger partial charge in [-0.3, -0.25) is 4.57 Å². The number of nitrogens with zero attached hydrogens (tertiary/aromatic N) is 2. The van der Waals surface area contributed by atoms with Gasteiger partial charge in [0.25, 0.3) is 0 Å². The van der Waals surface area contributed by atoms with Crippen molar-refractivity contribution in [3.8, 4) is 0 Å². The third-order valence-electron chi connectivity index (χ3n) is 1.62. The van der Waals surface area contributed by atoms with E-state index >= 15 is 0 Å². The third kappa shape index (κ3) is 2.60. The van der Waals surface area contributed by atoms with E-state index in [0.717, 1.165) is 17.5 Å². The van der Waals surface area contributed by atoms with Gasteiger partial charge in [0, 0.05) is 18.8 Å². The van der Waals surface area contributed by atoms with Crippen LogP contribution in [0.4, 0.5) is 0 Å². The fourth-order valence-corrected chi connectivity index (χ4v) is 1.90. The fraction of sp³-hybridized carbons (Fsp3) is 0.714. The van der Waals surface area contributed by atoms with E-state index in [1.807, 2.05) is 14.0 Å². The van der Waals surface area contributed by atoms with Crippen LogP contribution in [0, 0.1) is 0 Å². The van der Waals surface area contributed by atoms with Gasteiger partial charge in [0.15, 0.2) is 5.16 Å². The molecule has 0 saturated heterocycles. The van der Waals surface area contributed by atoms with Gasteiger partial charge in [-0.25, -0.2) is 9.89 Å². The van der Waals surface area contributed by atoms with E-state index in [1.165, 1.54) is 0 Å². The minimum atomic E-state index is -0.130. The molecule has 0 spiro atoms. The van der Waals surface area contributed by atoms with Gasteiger partial charge in [-0.05, 0) is 14.0 Å². The molecule has 1 aromatic rings. The minimum Gasteiger partial charge on any atom is -0.319 e. The molecule has 13 heavy (non-hydrogen) atoms. The first-order valence-electron chi connectivity index (χ1n) is 4.22. The van der Waals surface area contributed by atoms with Gasteiger partial charge >= 0.3 is 5.69 Å². The highest BCUT2D eigenvalue weighted by Crippen LogP contribution is 2.11. The molecule has 74 valence electrons. The van der Waals surface area contributed by atoms with Crippen molar-refractivity contribution in [1.82, 2.24) is 20.1 Å². The molecule has 5 nitrogen and oxygen atoms in total. The maximum absolute atomic E-state index is 11.1. The van der Waals surface area contributed by atoms with Crippen LogP contribution in [-0.4, -0.2) is 34.1 Å². The summed E-state index contributed by atoms with van der Waals surface area (Å²) in [6, 6.07) is 0. The van der Waals surface area contributed by atoms with Crippen LogP contribution in [-0.2, 0) is 6.54 Å². The van der Waals surface area contributed by atoms with E-state index in [1.54, 1.807) is 16.3 Å². The summed E-state index contributed by atoms with van der Waals surface area (Å²) in [6.45, 7) is 3.51. The van der Waals surface area contributed by atoms with Crippen LogP contribution in [0.2, 0.25) is 0 Å². The molecule has 0 aromatic carbocycles. The van der Waals surface area contributed by atoms with Gasteiger partial charge in [-0.2, -0.15) is 0 Å². The number of nitrogens with one attached hydrogen (secondary N) is 2. The monoisotopic (exact) mass is 202 g/mol. The molecule has 0 fully saturated rings. The minimum absolute atomic E-state index is 0.130. The number of H-pyrrole nitrogens is 1. The van der Waals surface area contributed by atoms with Crippen molar-refractivity contribution in [1.29, 1.82) is 0 Å². The lowest BCUT2D eigenvalue weighted by atomic mass is 10.7.